The summed E-state index contributed by atoms with van der Waals surface area (Å²) in [5, 5.41) is 10.9. The van der Waals surface area contributed by atoms with Crippen LogP contribution in [0.5, 0.6) is 0 Å². The van der Waals surface area contributed by atoms with Gasteiger partial charge in [0.2, 0.25) is 0 Å². The summed E-state index contributed by atoms with van der Waals surface area (Å²) >= 11 is 0. The number of halogens is 3. The Hall–Kier alpha value is -2.33. The van der Waals surface area contributed by atoms with E-state index >= 15 is 0 Å². The summed E-state index contributed by atoms with van der Waals surface area (Å²) in [5.74, 6) is 0. The summed E-state index contributed by atoms with van der Waals surface area (Å²) in [6, 6.07) is 16.1. The van der Waals surface area contributed by atoms with E-state index in [0.29, 0.717) is 5.56 Å². The molecule has 0 aliphatic heterocycles. The lowest BCUT2D eigenvalue weighted by Crippen LogP contribution is -2.06. The van der Waals surface area contributed by atoms with E-state index in [1.54, 1.807) is 36.4 Å². The van der Waals surface area contributed by atoms with Crippen LogP contribution in [0.4, 0.5) is 13.2 Å². The summed E-state index contributed by atoms with van der Waals surface area (Å²) in [7, 11) is 0. The van der Waals surface area contributed by atoms with Crippen molar-refractivity contribution in [1.29, 1.82) is 0 Å². The third-order valence-electron chi connectivity index (χ3n) is 3.63. The van der Waals surface area contributed by atoms with E-state index in [-0.39, 0.29) is 12.2 Å². The molecule has 0 atom stereocenters. The van der Waals surface area contributed by atoms with Crippen LogP contribution in [0.15, 0.2) is 60.7 Å². The zero-order valence-electron chi connectivity index (χ0n) is 11.6. The number of hydrogen-bond acceptors (Lipinski definition) is 1. The average molecular weight is 302 g/mol. The smallest absolute Gasteiger partial charge is 0.392 e. The Kier molecular flexibility index (Phi) is 3.62. The molecule has 0 saturated heterocycles. The molecule has 3 aromatic carbocycles. The standard InChI is InChI=1S/C18H13F3O/c19-18(20,21)17-4-2-1-3-16(17)15-8-7-13-9-12(11-22)5-6-14(13)10-15/h1-10,22H,11H2. The highest BCUT2D eigenvalue weighted by Crippen LogP contribution is 2.37. The zero-order chi connectivity index (χ0) is 15.7. The van der Waals surface area contributed by atoms with Gasteiger partial charge in [-0.25, -0.2) is 0 Å². The van der Waals surface area contributed by atoms with Gasteiger partial charge in [0.05, 0.1) is 12.2 Å². The molecule has 112 valence electrons. The molecule has 0 bridgehead atoms. The Bertz CT molecular complexity index is 822. The van der Waals surface area contributed by atoms with Crippen LogP contribution in [-0.2, 0) is 12.8 Å². The fourth-order valence-electron chi connectivity index (χ4n) is 2.54. The van der Waals surface area contributed by atoms with Crippen LogP contribution >= 0.6 is 0 Å². The lowest BCUT2D eigenvalue weighted by molar-refractivity contribution is -0.137. The minimum Gasteiger partial charge on any atom is -0.392 e. The van der Waals surface area contributed by atoms with E-state index in [4.69, 9.17) is 5.11 Å². The fourth-order valence-corrected chi connectivity index (χ4v) is 2.54. The summed E-state index contributed by atoms with van der Waals surface area (Å²) in [5.41, 5.74) is 0.831. The predicted molar refractivity (Wildman–Crippen MR) is 80.3 cm³/mol. The molecular weight excluding hydrogens is 289 g/mol. The van der Waals surface area contributed by atoms with Gasteiger partial charge in [-0.05, 0) is 45.7 Å². The SMILES string of the molecule is OCc1ccc2cc(-c3ccccc3C(F)(F)F)ccc2c1. The lowest BCUT2D eigenvalue weighted by atomic mass is 9.96. The van der Waals surface area contributed by atoms with Gasteiger partial charge in [0.25, 0.3) is 0 Å². The van der Waals surface area contributed by atoms with Gasteiger partial charge in [-0.15, -0.1) is 0 Å². The molecule has 0 saturated carbocycles. The first kappa shape index (κ1) is 14.6. The number of rotatable bonds is 2. The molecule has 3 aromatic rings. The molecule has 1 nitrogen and oxygen atoms in total. The number of alkyl halides is 3. The maximum atomic E-state index is 13.1. The second-order valence-electron chi connectivity index (χ2n) is 5.10. The van der Waals surface area contributed by atoms with Crippen LogP contribution in [0.1, 0.15) is 11.1 Å². The van der Waals surface area contributed by atoms with Crippen LogP contribution in [0, 0.1) is 0 Å². The van der Waals surface area contributed by atoms with Gasteiger partial charge < -0.3 is 5.11 Å². The molecule has 1 N–H and O–H groups in total. The quantitative estimate of drug-likeness (QED) is 0.705. The van der Waals surface area contributed by atoms with Crippen LogP contribution in [-0.4, -0.2) is 5.11 Å². The third kappa shape index (κ3) is 2.70. The van der Waals surface area contributed by atoms with Crippen molar-refractivity contribution in [2.24, 2.45) is 0 Å². The molecule has 0 spiro atoms. The van der Waals surface area contributed by atoms with E-state index in [1.807, 2.05) is 6.07 Å². The Labute approximate surface area is 125 Å². The highest BCUT2D eigenvalue weighted by Gasteiger charge is 2.33. The van der Waals surface area contributed by atoms with Gasteiger partial charge in [-0.2, -0.15) is 13.2 Å². The maximum absolute atomic E-state index is 13.1. The van der Waals surface area contributed by atoms with Crippen LogP contribution < -0.4 is 0 Å². The van der Waals surface area contributed by atoms with Gasteiger partial charge >= 0.3 is 6.18 Å². The number of aliphatic hydroxyl groups excluding tert-OH is 1. The van der Waals surface area contributed by atoms with Gasteiger partial charge in [-0.1, -0.05) is 42.5 Å². The van der Waals surface area contributed by atoms with Crippen molar-refractivity contribution in [3.63, 3.8) is 0 Å². The summed E-state index contributed by atoms with van der Waals surface area (Å²) < 4.78 is 39.4. The van der Waals surface area contributed by atoms with Crippen molar-refractivity contribution in [3.8, 4) is 11.1 Å². The van der Waals surface area contributed by atoms with Gasteiger partial charge in [0.15, 0.2) is 0 Å². The molecule has 0 aliphatic carbocycles. The second-order valence-corrected chi connectivity index (χ2v) is 5.10. The largest absolute Gasteiger partial charge is 0.417 e. The Morgan fingerprint density at radius 3 is 2.23 bits per heavy atom. The van der Waals surface area contributed by atoms with Crippen LogP contribution in [0.25, 0.3) is 21.9 Å². The fraction of sp³-hybridized carbons (Fsp3) is 0.111. The predicted octanol–water partition coefficient (Wildman–Crippen LogP) is 5.02. The zero-order valence-corrected chi connectivity index (χ0v) is 11.6. The minimum atomic E-state index is -4.38. The molecule has 0 unspecified atom stereocenters. The maximum Gasteiger partial charge on any atom is 0.417 e. The molecular formula is C18H13F3O. The molecule has 0 amide bonds. The summed E-state index contributed by atoms with van der Waals surface area (Å²) in [4.78, 5) is 0. The molecule has 0 radical (unpaired) electrons. The van der Waals surface area contributed by atoms with Gasteiger partial charge in [0, 0.05) is 0 Å². The van der Waals surface area contributed by atoms with E-state index in [2.05, 4.69) is 0 Å². The van der Waals surface area contributed by atoms with E-state index in [9.17, 15) is 13.2 Å². The number of benzene rings is 3. The first-order valence-corrected chi connectivity index (χ1v) is 6.79. The van der Waals surface area contributed by atoms with Crippen molar-refractivity contribution in [2.45, 2.75) is 12.8 Å². The molecule has 4 heteroatoms. The van der Waals surface area contributed by atoms with E-state index in [0.717, 1.165) is 22.4 Å². The first-order valence-electron chi connectivity index (χ1n) is 6.79. The van der Waals surface area contributed by atoms with Crippen LogP contribution in [0.3, 0.4) is 0 Å². The topological polar surface area (TPSA) is 20.2 Å². The van der Waals surface area contributed by atoms with Crippen LogP contribution in [0.2, 0.25) is 0 Å². The highest BCUT2D eigenvalue weighted by molar-refractivity contribution is 5.88. The summed E-state index contributed by atoms with van der Waals surface area (Å²) in [6.45, 7) is -0.0609. The molecule has 0 heterocycles. The number of aliphatic hydroxyl groups is 1. The Morgan fingerprint density at radius 2 is 1.50 bits per heavy atom. The minimum absolute atomic E-state index is 0.0609. The monoisotopic (exact) mass is 302 g/mol. The van der Waals surface area contributed by atoms with Gasteiger partial charge in [0.1, 0.15) is 0 Å². The molecule has 22 heavy (non-hydrogen) atoms. The van der Waals surface area contributed by atoms with E-state index < -0.39 is 11.7 Å². The Balaban J connectivity index is 2.15. The van der Waals surface area contributed by atoms with Crippen molar-refractivity contribution < 1.29 is 18.3 Å². The number of hydrogen-bond donors (Lipinski definition) is 1. The second kappa shape index (κ2) is 5.46. The van der Waals surface area contributed by atoms with Gasteiger partial charge in [-0.3, -0.25) is 0 Å². The summed E-state index contributed by atoms with van der Waals surface area (Å²) in [6.07, 6.45) is -4.38. The highest BCUT2D eigenvalue weighted by atomic mass is 19.4. The van der Waals surface area contributed by atoms with Crippen molar-refractivity contribution >= 4 is 10.8 Å². The molecule has 0 aliphatic rings. The van der Waals surface area contributed by atoms with Crippen molar-refractivity contribution in [1.82, 2.24) is 0 Å². The Morgan fingerprint density at radius 1 is 0.818 bits per heavy atom. The van der Waals surface area contributed by atoms with Crippen molar-refractivity contribution in [3.05, 3.63) is 71.8 Å². The lowest BCUT2D eigenvalue weighted by Gasteiger charge is -2.13. The average Bonchev–Trinajstić information content (AvgIpc) is 2.53. The van der Waals surface area contributed by atoms with E-state index in [1.165, 1.54) is 12.1 Å². The first-order chi connectivity index (χ1) is 10.5. The molecule has 3 rings (SSSR count). The molecule has 0 aromatic heterocycles. The number of fused-ring (bicyclic) bond motifs is 1. The van der Waals surface area contributed by atoms with Crippen molar-refractivity contribution in [2.75, 3.05) is 0 Å². The molecule has 0 fully saturated rings. The normalized spacial score (nSPS) is 11.8. The third-order valence-corrected chi connectivity index (χ3v) is 3.63.